The van der Waals surface area contributed by atoms with Gasteiger partial charge in [0.25, 0.3) is 0 Å². The van der Waals surface area contributed by atoms with E-state index in [2.05, 4.69) is 273 Å². The van der Waals surface area contributed by atoms with Crippen LogP contribution in [0, 0.1) is 0 Å². The Hall–Kier alpha value is -15.2. The van der Waals surface area contributed by atoms with E-state index in [9.17, 15) is 0 Å². The first-order chi connectivity index (χ1) is 55.5. The smallest absolute Gasteiger partial charge is 0.164 e. The topological polar surface area (TPSA) is 117 Å². The maximum Gasteiger partial charge on any atom is 0.164 e. The molecule has 6 aromatic heterocycles. The minimum atomic E-state index is 0.569. The molecule has 0 N–H and O–H groups in total. The molecule has 0 aliphatic carbocycles. The Kier molecular flexibility index (Phi) is 15.1. The number of pyridine rings is 2. The summed E-state index contributed by atoms with van der Waals surface area (Å²) in [5.74, 6) is 2.42. The van der Waals surface area contributed by atoms with Crippen molar-refractivity contribution in [3.8, 4) is 102 Å². The van der Waals surface area contributed by atoms with Crippen molar-refractivity contribution in [3.05, 3.63) is 370 Å². The number of hydrogen-bond donors (Lipinski definition) is 0. The van der Waals surface area contributed by atoms with Crippen LogP contribution in [0.1, 0.15) is 0 Å². The van der Waals surface area contributed by atoms with Gasteiger partial charge in [0.05, 0.1) is 44.6 Å². The van der Waals surface area contributed by atoms with Gasteiger partial charge in [0, 0.05) is 66.1 Å². The van der Waals surface area contributed by atoms with Crippen molar-refractivity contribution >= 4 is 130 Å². The molecule has 0 radical (unpaired) electrons. The van der Waals surface area contributed by atoms with Crippen molar-refractivity contribution in [2.24, 2.45) is 0 Å². The molecule has 0 saturated carbocycles. The van der Waals surface area contributed by atoms with E-state index >= 15 is 0 Å². The quantitative estimate of drug-likeness (QED) is 0.130. The first kappa shape index (κ1) is 64.0. The van der Waals surface area contributed by atoms with Crippen LogP contribution in [-0.2, 0) is 0 Å². The van der Waals surface area contributed by atoms with Crippen LogP contribution in [0.5, 0.6) is 0 Å². The number of furan rings is 2. The fourth-order valence-corrected chi connectivity index (χ4v) is 16.6. The van der Waals surface area contributed by atoms with Gasteiger partial charge in [-0.05, 0) is 130 Å². The normalized spacial score (nSPS) is 11.8. The number of aromatic nitrogens is 7. The maximum atomic E-state index is 6.70. The minimum Gasteiger partial charge on any atom is -0.455 e. The number of benzene rings is 17. The van der Waals surface area contributed by atoms with Gasteiger partial charge in [0.15, 0.2) is 23.3 Å². The van der Waals surface area contributed by atoms with E-state index in [0.717, 1.165) is 144 Å². The Labute approximate surface area is 641 Å². The van der Waals surface area contributed by atoms with E-state index in [1.165, 1.54) is 64.6 Å². The lowest BCUT2D eigenvalue weighted by molar-refractivity contribution is 0.672. The van der Waals surface area contributed by atoms with Crippen molar-refractivity contribution in [3.63, 3.8) is 0 Å². The second kappa shape index (κ2) is 26.3. The Morgan fingerprint density at radius 1 is 0.161 bits per heavy atom. The molecule has 6 heterocycles. The van der Waals surface area contributed by atoms with Crippen LogP contribution >= 0.6 is 0 Å². The van der Waals surface area contributed by atoms with Crippen LogP contribution < -0.4 is 0 Å². The molecule has 0 spiro atoms. The Balaban J connectivity index is 0.000000138. The van der Waals surface area contributed by atoms with Crippen LogP contribution in [-0.4, -0.2) is 34.9 Å². The first-order valence-corrected chi connectivity index (χ1v) is 37.7. The van der Waals surface area contributed by atoms with Crippen molar-refractivity contribution < 1.29 is 8.83 Å². The van der Waals surface area contributed by atoms with Crippen LogP contribution in [0.15, 0.2) is 379 Å². The molecule has 0 atom stereocenters. The summed E-state index contributed by atoms with van der Waals surface area (Å²) < 4.78 is 13.4. The predicted molar refractivity (Wildman–Crippen MR) is 461 cm³/mol. The third-order valence-corrected chi connectivity index (χ3v) is 21.9. The molecule has 23 aromatic rings. The third kappa shape index (κ3) is 10.9. The zero-order valence-corrected chi connectivity index (χ0v) is 60.2. The van der Waals surface area contributed by atoms with Crippen LogP contribution in [0.3, 0.4) is 0 Å². The van der Waals surface area contributed by atoms with E-state index < -0.39 is 0 Å². The number of hydrogen-bond acceptors (Lipinski definition) is 9. The van der Waals surface area contributed by atoms with Gasteiger partial charge in [0.2, 0.25) is 0 Å². The SMILES string of the molecule is c1ccc(-c2cc(-c3ccccc3)nc(-c3ccc4c(c3)nc(-c3ccc5c6ccccc6c6ccccc6c5c3)c3c5ccccc5oc43)n2)cc1.c1ccc(-c2ccc(-c3nc(-c4ccccc4)nc(-c4ccc5c(c4)nc(-c4ccc6c7ccccc7c7ccccc7c6c4)c4c6ccccc6oc54)n3)cc2)cc1. The monoisotopic (exact) mass is 1430 g/mol. The summed E-state index contributed by atoms with van der Waals surface area (Å²) in [4.78, 5) is 36.4. The van der Waals surface area contributed by atoms with E-state index in [1.54, 1.807) is 0 Å². The van der Waals surface area contributed by atoms with Crippen molar-refractivity contribution in [1.29, 1.82) is 0 Å². The Morgan fingerprint density at radius 3 is 0.830 bits per heavy atom. The van der Waals surface area contributed by atoms with Crippen molar-refractivity contribution in [2.75, 3.05) is 0 Å². The van der Waals surface area contributed by atoms with Gasteiger partial charge in [-0.2, -0.15) is 0 Å². The molecule has 9 nitrogen and oxygen atoms in total. The lowest BCUT2D eigenvalue weighted by atomic mass is 9.92. The summed E-state index contributed by atoms with van der Waals surface area (Å²) in [6, 6.07) is 129. The summed E-state index contributed by atoms with van der Waals surface area (Å²) in [7, 11) is 0. The van der Waals surface area contributed by atoms with Crippen LogP contribution in [0.25, 0.3) is 232 Å². The molecule has 0 aliphatic heterocycles. The maximum absolute atomic E-state index is 6.70. The lowest BCUT2D eigenvalue weighted by Gasteiger charge is -2.13. The zero-order valence-electron chi connectivity index (χ0n) is 60.2. The van der Waals surface area contributed by atoms with Gasteiger partial charge >= 0.3 is 0 Å². The van der Waals surface area contributed by atoms with Gasteiger partial charge in [-0.1, -0.05) is 315 Å². The molecular formula is C103H61N7O2. The molecule has 0 amide bonds. The largest absolute Gasteiger partial charge is 0.455 e. The summed E-state index contributed by atoms with van der Waals surface area (Å²) in [5, 5.41) is 20.7. The number of fused-ring (bicyclic) bond motifs is 22. The molecule has 112 heavy (non-hydrogen) atoms. The highest BCUT2D eigenvalue weighted by molar-refractivity contribution is 6.29. The fraction of sp³-hybridized carbons (Fsp3) is 0. The van der Waals surface area contributed by atoms with Gasteiger partial charge in [0.1, 0.15) is 22.3 Å². The van der Waals surface area contributed by atoms with Crippen molar-refractivity contribution in [1.82, 2.24) is 34.9 Å². The molecule has 0 unspecified atom stereocenters. The second-order valence-corrected chi connectivity index (χ2v) is 28.5. The third-order valence-electron chi connectivity index (χ3n) is 21.9. The highest BCUT2D eigenvalue weighted by Gasteiger charge is 2.24. The van der Waals surface area contributed by atoms with E-state index in [4.69, 9.17) is 43.7 Å². The highest BCUT2D eigenvalue weighted by Crippen LogP contribution is 2.46. The fourth-order valence-electron chi connectivity index (χ4n) is 16.6. The average molecular weight is 1430 g/mol. The summed E-state index contributed by atoms with van der Waals surface area (Å²) in [6.45, 7) is 0. The molecular weight excluding hydrogens is 1370 g/mol. The molecule has 0 bridgehead atoms. The first-order valence-electron chi connectivity index (χ1n) is 37.7. The molecule has 0 aliphatic rings. The molecule has 0 fully saturated rings. The molecule has 23 rings (SSSR count). The molecule has 9 heteroatoms. The van der Waals surface area contributed by atoms with E-state index in [0.29, 0.717) is 23.3 Å². The van der Waals surface area contributed by atoms with Crippen molar-refractivity contribution in [2.45, 2.75) is 0 Å². The van der Waals surface area contributed by atoms with Gasteiger partial charge < -0.3 is 8.83 Å². The Morgan fingerprint density at radius 2 is 0.429 bits per heavy atom. The number of nitrogens with zero attached hydrogens (tertiary/aromatic N) is 7. The number of para-hydroxylation sites is 2. The standard InChI is InChI=1S/C54H32N4O.C49H29N3O/c1-3-13-33(14-4-1)34-23-25-36(26-24-34)53-56-52(35-15-5-2-6-16-35)57-54(58-53)38-28-30-44-47(32-38)55-50(49-45-21-11-12-22-48(45)59-51(44)49)37-27-29-43-41-19-8-7-17-39(41)40-18-9-10-20-42(40)46(43)31-37;1-3-13-30(14-4-1)42-29-43(31-15-5-2-6-16-31)52-49(51-42)33-24-26-39-44(28-33)50-47(46-40-21-11-12-22-45(40)53-48(39)46)32-23-25-38-36-19-8-7-17-34(36)35-18-9-10-20-37(35)41(38)27-32/h1-32H;1-29H. The Bertz CT molecular complexity index is 7610. The highest BCUT2D eigenvalue weighted by atomic mass is 16.3. The van der Waals surface area contributed by atoms with Gasteiger partial charge in [-0.3, -0.25) is 0 Å². The lowest BCUT2D eigenvalue weighted by Crippen LogP contribution is -2.00. The summed E-state index contributed by atoms with van der Waals surface area (Å²) in [6.07, 6.45) is 0. The molecule has 17 aromatic carbocycles. The van der Waals surface area contributed by atoms with Crippen LogP contribution in [0.4, 0.5) is 0 Å². The second-order valence-electron chi connectivity index (χ2n) is 28.5. The molecule has 0 saturated heterocycles. The molecule has 520 valence electrons. The van der Waals surface area contributed by atoms with E-state index in [1.807, 2.05) is 97.1 Å². The van der Waals surface area contributed by atoms with Gasteiger partial charge in [-0.15, -0.1) is 0 Å². The summed E-state index contributed by atoms with van der Waals surface area (Å²) in [5.41, 5.74) is 18.4. The zero-order chi connectivity index (χ0) is 73.7. The average Bonchev–Trinajstić information content (AvgIpc) is 1.37. The van der Waals surface area contributed by atoms with E-state index in [-0.39, 0.29) is 0 Å². The van der Waals surface area contributed by atoms with Gasteiger partial charge in [-0.25, -0.2) is 34.9 Å². The van der Waals surface area contributed by atoms with Crippen LogP contribution in [0.2, 0.25) is 0 Å². The number of rotatable bonds is 9. The minimum absolute atomic E-state index is 0.569. The predicted octanol–water partition coefficient (Wildman–Crippen LogP) is 27.2. The summed E-state index contributed by atoms with van der Waals surface area (Å²) >= 11 is 0.